The highest BCUT2D eigenvalue weighted by atomic mass is 35.5. The van der Waals surface area contributed by atoms with E-state index in [0.29, 0.717) is 11.5 Å². The third kappa shape index (κ3) is 2.85. The average molecular weight is 283 g/mol. The Morgan fingerprint density at radius 3 is 2.79 bits per heavy atom. The minimum Gasteiger partial charge on any atom is -0.482 e. The summed E-state index contributed by atoms with van der Waals surface area (Å²) in [7, 11) is 0. The fraction of sp³-hybridized carbons (Fsp3) is 0.250. The molecule has 7 heteroatoms. The third-order valence-corrected chi connectivity index (χ3v) is 2.91. The number of halogens is 1. The van der Waals surface area contributed by atoms with Crippen LogP contribution in [0, 0.1) is 24.0 Å². The van der Waals surface area contributed by atoms with Gasteiger partial charge in [-0.1, -0.05) is 16.8 Å². The summed E-state index contributed by atoms with van der Waals surface area (Å²) < 4.78 is 10.5. The maximum absolute atomic E-state index is 10.9. The van der Waals surface area contributed by atoms with Crippen molar-refractivity contribution in [2.75, 3.05) is 0 Å². The van der Waals surface area contributed by atoms with Gasteiger partial charge in [0, 0.05) is 11.1 Å². The van der Waals surface area contributed by atoms with E-state index < -0.39 is 4.92 Å². The van der Waals surface area contributed by atoms with Crippen LogP contribution in [0.15, 0.2) is 22.7 Å². The van der Waals surface area contributed by atoms with Crippen molar-refractivity contribution in [3.8, 4) is 5.75 Å². The van der Waals surface area contributed by atoms with Crippen LogP contribution in [-0.2, 0) is 6.61 Å². The highest BCUT2D eigenvalue weighted by Gasteiger charge is 2.17. The first-order valence-electron chi connectivity index (χ1n) is 5.47. The molecule has 0 aliphatic carbocycles. The molecule has 6 nitrogen and oxygen atoms in total. The smallest absolute Gasteiger partial charge is 0.312 e. The Balaban J connectivity index is 2.23. The zero-order valence-electron chi connectivity index (χ0n) is 10.3. The summed E-state index contributed by atoms with van der Waals surface area (Å²) >= 11 is 5.73. The lowest BCUT2D eigenvalue weighted by molar-refractivity contribution is -0.385. The van der Waals surface area contributed by atoms with E-state index in [1.165, 1.54) is 18.2 Å². The Labute approximate surface area is 114 Å². The number of hydrogen-bond acceptors (Lipinski definition) is 5. The minimum atomic E-state index is -0.533. The molecule has 0 N–H and O–H groups in total. The molecule has 0 spiro atoms. The topological polar surface area (TPSA) is 78.4 Å². The number of nitro groups is 1. The van der Waals surface area contributed by atoms with Gasteiger partial charge in [-0.3, -0.25) is 10.1 Å². The summed E-state index contributed by atoms with van der Waals surface area (Å²) in [5.74, 6) is 0.795. The second-order valence-electron chi connectivity index (χ2n) is 3.96. The predicted molar refractivity (Wildman–Crippen MR) is 68.4 cm³/mol. The second-order valence-corrected chi connectivity index (χ2v) is 4.40. The van der Waals surface area contributed by atoms with Gasteiger partial charge in [0.05, 0.1) is 16.2 Å². The van der Waals surface area contributed by atoms with Gasteiger partial charge in [0.1, 0.15) is 12.4 Å². The van der Waals surface area contributed by atoms with Crippen molar-refractivity contribution in [1.82, 2.24) is 5.16 Å². The molecule has 0 fully saturated rings. The van der Waals surface area contributed by atoms with E-state index in [9.17, 15) is 10.1 Å². The molecule has 0 saturated heterocycles. The maximum atomic E-state index is 10.9. The lowest BCUT2D eigenvalue weighted by atomic mass is 10.2. The molecule has 0 aliphatic rings. The van der Waals surface area contributed by atoms with Crippen molar-refractivity contribution in [3.63, 3.8) is 0 Å². The molecule has 19 heavy (non-hydrogen) atoms. The lowest BCUT2D eigenvalue weighted by Crippen LogP contribution is -2.00. The molecule has 1 aromatic heterocycles. The van der Waals surface area contributed by atoms with Gasteiger partial charge in [0.2, 0.25) is 0 Å². The Morgan fingerprint density at radius 1 is 1.47 bits per heavy atom. The number of aromatic nitrogens is 1. The van der Waals surface area contributed by atoms with Gasteiger partial charge < -0.3 is 9.26 Å². The van der Waals surface area contributed by atoms with Crippen LogP contribution >= 0.6 is 11.6 Å². The highest BCUT2D eigenvalue weighted by molar-refractivity contribution is 6.30. The van der Waals surface area contributed by atoms with Gasteiger partial charge in [-0.15, -0.1) is 0 Å². The molecule has 0 saturated carbocycles. The molecule has 0 amide bonds. The monoisotopic (exact) mass is 282 g/mol. The van der Waals surface area contributed by atoms with Crippen molar-refractivity contribution < 1.29 is 14.2 Å². The number of ether oxygens (including phenoxy) is 1. The van der Waals surface area contributed by atoms with Gasteiger partial charge >= 0.3 is 5.69 Å². The van der Waals surface area contributed by atoms with E-state index in [-0.39, 0.29) is 23.1 Å². The number of nitro benzene ring substituents is 1. The van der Waals surface area contributed by atoms with Crippen LogP contribution < -0.4 is 4.74 Å². The quantitative estimate of drug-likeness (QED) is 0.634. The Kier molecular flexibility index (Phi) is 3.71. The molecule has 2 rings (SSSR count). The van der Waals surface area contributed by atoms with E-state index in [1.54, 1.807) is 13.8 Å². The molecule has 0 bridgehead atoms. The van der Waals surface area contributed by atoms with Crippen LogP contribution in [0.3, 0.4) is 0 Å². The van der Waals surface area contributed by atoms with E-state index in [1.807, 2.05) is 0 Å². The van der Waals surface area contributed by atoms with Crippen LogP contribution in [0.5, 0.6) is 5.75 Å². The van der Waals surface area contributed by atoms with Gasteiger partial charge in [0.15, 0.2) is 5.75 Å². The molecule has 0 unspecified atom stereocenters. The highest BCUT2D eigenvalue weighted by Crippen LogP contribution is 2.30. The van der Waals surface area contributed by atoms with Crippen molar-refractivity contribution in [1.29, 1.82) is 0 Å². The number of rotatable bonds is 4. The normalized spacial score (nSPS) is 10.5. The summed E-state index contributed by atoms with van der Waals surface area (Å²) in [4.78, 5) is 10.4. The van der Waals surface area contributed by atoms with E-state index in [2.05, 4.69) is 5.16 Å². The number of hydrogen-bond donors (Lipinski definition) is 0. The Hall–Kier alpha value is -2.08. The van der Waals surface area contributed by atoms with Gasteiger partial charge in [-0.25, -0.2) is 0 Å². The largest absolute Gasteiger partial charge is 0.482 e. The van der Waals surface area contributed by atoms with Crippen LogP contribution in [-0.4, -0.2) is 10.1 Å². The SMILES string of the molecule is Cc1noc(C)c1COc1ccc(Cl)cc1[N+](=O)[O-]. The van der Waals surface area contributed by atoms with Crippen LogP contribution in [0.4, 0.5) is 5.69 Å². The van der Waals surface area contributed by atoms with E-state index in [4.69, 9.17) is 20.9 Å². The van der Waals surface area contributed by atoms with E-state index >= 15 is 0 Å². The summed E-state index contributed by atoms with van der Waals surface area (Å²) in [5.41, 5.74) is 1.32. The maximum Gasteiger partial charge on any atom is 0.312 e. The molecular weight excluding hydrogens is 272 g/mol. The van der Waals surface area contributed by atoms with Crippen LogP contribution in [0.2, 0.25) is 5.02 Å². The molecule has 100 valence electrons. The van der Waals surface area contributed by atoms with E-state index in [0.717, 1.165) is 5.56 Å². The summed E-state index contributed by atoms with van der Waals surface area (Å²) in [5, 5.41) is 15.0. The molecule has 1 aromatic carbocycles. The average Bonchev–Trinajstić information content (AvgIpc) is 2.68. The molecule has 2 aromatic rings. The molecule has 1 heterocycles. The lowest BCUT2D eigenvalue weighted by Gasteiger charge is -2.06. The summed E-state index contributed by atoms with van der Waals surface area (Å²) in [6.45, 7) is 3.70. The Morgan fingerprint density at radius 2 is 2.21 bits per heavy atom. The predicted octanol–water partition coefficient (Wildman–Crippen LogP) is 3.43. The third-order valence-electron chi connectivity index (χ3n) is 2.67. The van der Waals surface area contributed by atoms with Crippen molar-refractivity contribution >= 4 is 17.3 Å². The molecule has 0 atom stereocenters. The molecular formula is C12H11ClN2O4. The fourth-order valence-corrected chi connectivity index (χ4v) is 1.78. The van der Waals surface area contributed by atoms with Crippen LogP contribution in [0.1, 0.15) is 17.0 Å². The van der Waals surface area contributed by atoms with Crippen molar-refractivity contribution in [2.24, 2.45) is 0 Å². The number of benzene rings is 1. The van der Waals surface area contributed by atoms with Crippen molar-refractivity contribution in [2.45, 2.75) is 20.5 Å². The number of aryl methyl sites for hydroxylation is 2. The van der Waals surface area contributed by atoms with Gasteiger partial charge in [-0.2, -0.15) is 0 Å². The Bertz CT molecular complexity index is 605. The second kappa shape index (κ2) is 5.27. The summed E-state index contributed by atoms with van der Waals surface area (Å²) in [6.07, 6.45) is 0. The zero-order chi connectivity index (χ0) is 14.0. The number of nitrogens with zero attached hydrogens (tertiary/aromatic N) is 2. The first-order valence-corrected chi connectivity index (χ1v) is 5.85. The van der Waals surface area contributed by atoms with Gasteiger partial charge in [0.25, 0.3) is 0 Å². The summed E-state index contributed by atoms with van der Waals surface area (Å²) in [6, 6.07) is 4.26. The molecule has 0 radical (unpaired) electrons. The minimum absolute atomic E-state index is 0.156. The fourth-order valence-electron chi connectivity index (χ4n) is 1.61. The van der Waals surface area contributed by atoms with Crippen LogP contribution in [0.25, 0.3) is 0 Å². The standard InChI is InChI=1S/C12H11ClN2O4/c1-7-10(8(2)19-14-7)6-18-12-4-3-9(13)5-11(12)15(16)17/h3-5H,6H2,1-2H3. The first-order chi connectivity index (χ1) is 8.99. The zero-order valence-corrected chi connectivity index (χ0v) is 11.1. The molecule has 0 aliphatic heterocycles. The van der Waals surface area contributed by atoms with Gasteiger partial charge in [-0.05, 0) is 26.0 Å². The van der Waals surface area contributed by atoms with Crippen molar-refractivity contribution in [3.05, 3.63) is 50.4 Å². The first kappa shape index (κ1) is 13.4.